The van der Waals surface area contributed by atoms with Crippen LogP contribution in [0.5, 0.6) is 0 Å². The molecule has 0 aliphatic carbocycles. The third-order valence-electron chi connectivity index (χ3n) is 2.35. The summed E-state index contributed by atoms with van der Waals surface area (Å²) in [7, 11) is -1.83. The smallest absolute Gasteiger partial charge is 0.279 e. The van der Waals surface area contributed by atoms with Gasteiger partial charge in [0.25, 0.3) is 10.2 Å². The van der Waals surface area contributed by atoms with E-state index >= 15 is 0 Å². The topological polar surface area (TPSA) is 84.7 Å². The minimum Gasteiger partial charge on any atom is -0.383 e. The van der Waals surface area contributed by atoms with Gasteiger partial charge in [0.15, 0.2) is 0 Å². The molecule has 0 unspecified atom stereocenters. The van der Waals surface area contributed by atoms with Crippen molar-refractivity contribution in [3.8, 4) is 0 Å². The Morgan fingerprint density at radius 2 is 2.33 bits per heavy atom. The van der Waals surface area contributed by atoms with Crippen LogP contribution in [0.15, 0.2) is 0 Å². The Morgan fingerprint density at radius 3 is 2.93 bits per heavy atom. The van der Waals surface area contributed by atoms with Gasteiger partial charge in [0, 0.05) is 32.8 Å². The Morgan fingerprint density at radius 1 is 1.60 bits per heavy atom. The first-order chi connectivity index (χ1) is 7.06. The van der Waals surface area contributed by atoms with Crippen LogP contribution < -0.4 is 10.5 Å². The van der Waals surface area contributed by atoms with E-state index in [1.54, 1.807) is 0 Å². The molecule has 90 valence electrons. The molecule has 1 atom stereocenters. The minimum atomic E-state index is -3.37. The molecule has 0 spiro atoms. The number of piperidine rings is 1. The SMILES string of the molecule is COCCNS(=O)(=O)N1CCC[C@@H](N)C1. The first kappa shape index (κ1) is 12.9. The van der Waals surface area contributed by atoms with Crippen molar-refractivity contribution in [1.82, 2.24) is 9.03 Å². The van der Waals surface area contributed by atoms with Gasteiger partial charge in [0.1, 0.15) is 0 Å². The van der Waals surface area contributed by atoms with Crippen LogP contribution in [-0.2, 0) is 14.9 Å². The standard InChI is InChI=1S/C8H19N3O3S/c1-14-6-4-10-15(12,13)11-5-2-3-8(9)7-11/h8,10H,2-7,9H2,1H3/t8-/m1/s1. The Labute approximate surface area is 90.9 Å². The third kappa shape index (κ3) is 4.04. The highest BCUT2D eigenvalue weighted by molar-refractivity contribution is 7.87. The maximum absolute atomic E-state index is 11.7. The summed E-state index contributed by atoms with van der Waals surface area (Å²) in [4.78, 5) is 0. The predicted octanol–water partition coefficient (Wildman–Crippen LogP) is -1.11. The fourth-order valence-corrected chi connectivity index (χ4v) is 2.84. The van der Waals surface area contributed by atoms with E-state index in [-0.39, 0.29) is 6.04 Å². The summed E-state index contributed by atoms with van der Waals surface area (Å²) in [6.07, 6.45) is 1.72. The first-order valence-corrected chi connectivity index (χ1v) is 6.49. The zero-order valence-electron chi connectivity index (χ0n) is 8.98. The number of methoxy groups -OCH3 is 1. The molecule has 0 aromatic heterocycles. The summed E-state index contributed by atoms with van der Waals surface area (Å²) < 4.78 is 32.1. The molecule has 1 saturated heterocycles. The molecule has 1 aliphatic rings. The van der Waals surface area contributed by atoms with E-state index in [1.807, 2.05) is 0 Å². The van der Waals surface area contributed by atoms with Crippen molar-refractivity contribution in [2.45, 2.75) is 18.9 Å². The van der Waals surface area contributed by atoms with E-state index in [4.69, 9.17) is 10.5 Å². The molecule has 0 radical (unpaired) electrons. The Kier molecular flexibility index (Phi) is 4.94. The van der Waals surface area contributed by atoms with Crippen molar-refractivity contribution < 1.29 is 13.2 Å². The lowest BCUT2D eigenvalue weighted by Gasteiger charge is -2.29. The average Bonchev–Trinajstić information content (AvgIpc) is 2.18. The van der Waals surface area contributed by atoms with Crippen LogP contribution in [0.25, 0.3) is 0 Å². The number of nitrogens with two attached hydrogens (primary N) is 1. The molecule has 7 heteroatoms. The molecule has 1 heterocycles. The highest BCUT2D eigenvalue weighted by Gasteiger charge is 2.26. The van der Waals surface area contributed by atoms with E-state index < -0.39 is 10.2 Å². The number of hydrogen-bond acceptors (Lipinski definition) is 4. The maximum Gasteiger partial charge on any atom is 0.279 e. The number of ether oxygens (including phenoxy) is 1. The number of nitrogens with zero attached hydrogens (tertiary/aromatic N) is 1. The summed E-state index contributed by atoms with van der Waals surface area (Å²) in [5.41, 5.74) is 5.72. The van der Waals surface area contributed by atoms with Crippen LogP contribution in [0.3, 0.4) is 0 Å². The maximum atomic E-state index is 11.7. The van der Waals surface area contributed by atoms with Crippen LogP contribution in [0.2, 0.25) is 0 Å². The van der Waals surface area contributed by atoms with E-state index in [0.717, 1.165) is 12.8 Å². The summed E-state index contributed by atoms with van der Waals surface area (Å²) in [5.74, 6) is 0. The average molecular weight is 237 g/mol. The van der Waals surface area contributed by atoms with E-state index in [0.29, 0.717) is 26.2 Å². The van der Waals surface area contributed by atoms with Crippen LogP contribution in [-0.4, -0.2) is 52.1 Å². The molecular weight excluding hydrogens is 218 g/mol. The van der Waals surface area contributed by atoms with Crippen LogP contribution in [0.1, 0.15) is 12.8 Å². The van der Waals surface area contributed by atoms with Gasteiger partial charge < -0.3 is 10.5 Å². The molecule has 6 nitrogen and oxygen atoms in total. The Bertz CT molecular complexity index is 281. The predicted molar refractivity (Wildman–Crippen MR) is 57.6 cm³/mol. The van der Waals surface area contributed by atoms with Gasteiger partial charge in [-0.15, -0.1) is 0 Å². The van der Waals surface area contributed by atoms with E-state index in [1.165, 1.54) is 11.4 Å². The van der Waals surface area contributed by atoms with Crippen molar-refractivity contribution in [2.75, 3.05) is 33.4 Å². The summed E-state index contributed by atoms with van der Waals surface area (Å²) in [5, 5.41) is 0. The number of nitrogens with one attached hydrogen (secondary N) is 1. The Balaban J connectivity index is 2.45. The zero-order valence-corrected chi connectivity index (χ0v) is 9.79. The fraction of sp³-hybridized carbons (Fsp3) is 1.00. The molecule has 3 N–H and O–H groups in total. The second-order valence-electron chi connectivity index (χ2n) is 3.65. The molecule has 0 aromatic carbocycles. The van der Waals surface area contributed by atoms with Crippen molar-refractivity contribution >= 4 is 10.2 Å². The van der Waals surface area contributed by atoms with Gasteiger partial charge >= 0.3 is 0 Å². The van der Waals surface area contributed by atoms with E-state index in [2.05, 4.69) is 4.72 Å². The van der Waals surface area contributed by atoms with Gasteiger partial charge in [-0.1, -0.05) is 0 Å². The molecule has 0 aromatic rings. The fourth-order valence-electron chi connectivity index (χ4n) is 1.56. The molecule has 1 aliphatic heterocycles. The van der Waals surface area contributed by atoms with Gasteiger partial charge in [-0.3, -0.25) is 0 Å². The van der Waals surface area contributed by atoms with Crippen molar-refractivity contribution in [1.29, 1.82) is 0 Å². The lowest BCUT2D eigenvalue weighted by molar-refractivity contribution is 0.203. The molecule has 0 amide bonds. The molecule has 0 bridgehead atoms. The van der Waals surface area contributed by atoms with Crippen molar-refractivity contribution in [2.24, 2.45) is 5.73 Å². The lowest BCUT2D eigenvalue weighted by Crippen LogP contribution is -2.50. The normalized spacial score (nSPS) is 24.3. The molecule has 1 rings (SSSR count). The summed E-state index contributed by atoms with van der Waals surface area (Å²) in [6, 6.07) is -0.0437. The van der Waals surface area contributed by atoms with Crippen molar-refractivity contribution in [3.63, 3.8) is 0 Å². The molecule has 0 saturated carbocycles. The highest BCUT2D eigenvalue weighted by Crippen LogP contribution is 2.10. The van der Waals surface area contributed by atoms with Gasteiger partial charge in [-0.2, -0.15) is 17.4 Å². The van der Waals surface area contributed by atoms with Gasteiger partial charge in [-0.05, 0) is 12.8 Å². The quantitative estimate of drug-likeness (QED) is 0.594. The van der Waals surface area contributed by atoms with Gasteiger partial charge in [0.2, 0.25) is 0 Å². The van der Waals surface area contributed by atoms with E-state index in [9.17, 15) is 8.42 Å². The number of hydrogen-bond donors (Lipinski definition) is 2. The summed E-state index contributed by atoms with van der Waals surface area (Å²) in [6.45, 7) is 1.63. The van der Waals surface area contributed by atoms with Crippen LogP contribution >= 0.6 is 0 Å². The van der Waals surface area contributed by atoms with Crippen LogP contribution in [0.4, 0.5) is 0 Å². The third-order valence-corrected chi connectivity index (χ3v) is 3.93. The van der Waals surface area contributed by atoms with Gasteiger partial charge in [-0.25, -0.2) is 0 Å². The first-order valence-electron chi connectivity index (χ1n) is 5.05. The van der Waals surface area contributed by atoms with Gasteiger partial charge in [0.05, 0.1) is 6.61 Å². The molecule has 15 heavy (non-hydrogen) atoms. The largest absolute Gasteiger partial charge is 0.383 e. The molecule has 1 fully saturated rings. The zero-order chi connectivity index (χ0) is 11.3. The molecular formula is C8H19N3O3S. The van der Waals surface area contributed by atoms with Crippen LogP contribution in [0, 0.1) is 0 Å². The second kappa shape index (κ2) is 5.76. The minimum absolute atomic E-state index is 0.0437. The monoisotopic (exact) mass is 237 g/mol. The summed E-state index contributed by atoms with van der Waals surface area (Å²) >= 11 is 0. The Hall–Kier alpha value is -0.210. The number of rotatable bonds is 5. The highest BCUT2D eigenvalue weighted by atomic mass is 32.2. The van der Waals surface area contributed by atoms with Crippen molar-refractivity contribution in [3.05, 3.63) is 0 Å². The second-order valence-corrected chi connectivity index (χ2v) is 5.41. The lowest BCUT2D eigenvalue weighted by atomic mass is 10.1.